The highest BCUT2D eigenvalue weighted by Crippen LogP contribution is 2.36. The van der Waals surface area contributed by atoms with Crippen LogP contribution in [0.2, 0.25) is 0 Å². The maximum absolute atomic E-state index is 13.4. The molecular formula is C23H28N2O3S. The number of sulfone groups is 1. The van der Waals surface area contributed by atoms with Crippen LogP contribution in [0.1, 0.15) is 30.5 Å². The average Bonchev–Trinajstić information content (AvgIpc) is 3.04. The first-order valence-electron chi connectivity index (χ1n) is 10.3. The van der Waals surface area contributed by atoms with E-state index in [9.17, 15) is 13.2 Å². The molecule has 2 unspecified atom stereocenters. The van der Waals surface area contributed by atoms with Crippen LogP contribution in [-0.4, -0.2) is 49.4 Å². The minimum Gasteiger partial charge on any atom is -0.305 e. The predicted molar refractivity (Wildman–Crippen MR) is 116 cm³/mol. The molecule has 2 aromatic carbocycles. The summed E-state index contributed by atoms with van der Waals surface area (Å²) in [7, 11) is -3.19. The molecule has 1 amide bonds. The molecule has 2 fully saturated rings. The Kier molecular flexibility index (Phi) is 5.49. The van der Waals surface area contributed by atoms with Crippen molar-refractivity contribution in [3.05, 3.63) is 65.2 Å². The van der Waals surface area contributed by atoms with Crippen LogP contribution in [0.4, 0.5) is 5.69 Å². The Balaban J connectivity index is 1.75. The van der Waals surface area contributed by atoms with Crippen molar-refractivity contribution in [2.45, 2.75) is 45.3 Å². The maximum Gasteiger partial charge on any atom is 0.241 e. The fourth-order valence-electron chi connectivity index (χ4n) is 4.76. The molecule has 0 spiro atoms. The Morgan fingerprint density at radius 2 is 1.52 bits per heavy atom. The number of hydrogen-bond donors (Lipinski definition) is 0. The molecular weight excluding hydrogens is 384 g/mol. The van der Waals surface area contributed by atoms with Gasteiger partial charge in [-0.1, -0.05) is 62.4 Å². The number of benzene rings is 2. The first kappa shape index (κ1) is 20.1. The summed E-state index contributed by atoms with van der Waals surface area (Å²) in [4.78, 5) is 17.3. The van der Waals surface area contributed by atoms with Gasteiger partial charge in [0.05, 0.1) is 29.8 Å². The molecule has 2 saturated heterocycles. The Morgan fingerprint density at radius 1 is 0.897 bits per heavy atom. The fourth-order valence-corrected chi connectivity index (χ4v) is 6.75. The van der Waals surface area contributed by atoms with Crippen molar-refractivity contribution in [1.29, 1.82) is 0 Å². The van der Waals surface area contributed by atoms with Crippen LogP contribution in [0.3, 0.4) is 0 Å². The molecule has 0 radical (unpaired) electrons. The molecule has 2 aromatic rings. The van der Waals surface area contributed by atoms with Crippen molar-refractivity contribution >= 4 is 21.4 Å². The Labute approximate surface area is 173 Å². The number of nitrogens with zero attached hydrogens (tertiary/aromatic N) is 2. The van der Waals surface area contributed by atoms with E-state index in [1.54, 1.807) is 0 Å². The Morgan fingerprint density at radius 3 is 2.14 bits per heavy atom. The zero-order chi connectivity index (χ0) is 20.6. The van der Waals surface area contributed by atoms with Crippen molar-refractivity contribution < 1.29 is 13.2 Å². The third kappa shape index (κ3) is 3.83. The molecule has 2 aliphatic heterocycles. The summed E-state index contributed by atoms with van der Waals surface area (Å²) >= 11 is 0. The van der Waals surface area contributed by atoms with Gasteiger partial charge in [-0.2, -0.15) is 0 Å². The number of carbonyl (C=O) groups excluding carboxylic acids is 1. The van der Waals surface area contributed by atoms with E-state index in [0.717, 1.165) is 35.2 Å². The number of amides is 1. The van der Waals surface area contributed by atoms with Crippen LogP contribution in [-0.2, 0) is 34.0 Å². The van der Waals surface area contributed by atoms with Gasteiger partial charge in [0.2, 0.25) is 5.91 Å². The standard InChI is InChI=1S/C23H28N2O3S/c1-3-18-11-8-12-19(4-2)23(18)25-21-16-29(27,28)15-20(21)24(14-22(25)26)13-17-9-6-5-7-10-17/h5-12,20-21H,3-4,13-16H2,1-2H3. The number of piperazine rings is 1. The topological polar surface area (TPSA) is 57.7 Å². The SMILES string of the molecule is CCc1cccc(CC)c1N1C(=O)CN(Cc2ccccc2)C2CS(=O)(=O)CC21. The second-order valence-electron chi connectivity index (χ2n) is 8.00. The van der Waals surface area contributed by atoms with Crippen molar-refractivity contribution in [2.24, 2.45) is 0 Å². The number of rotatable bonds is 5. The summed E-state index contributed by atoms with van der Waals surface area (Å²) in [5.74, 6) is 0.148. The van der Waals surface area contributed by atoms with Gasteiger partial charge in [0, 0.05) is 12.6 Å². The van der Waals surface area contributed by atoms with Gasteiger partial charge < -0.3 is 4.90 Å². The van der Waals surface area contributed by atoms with E-state index >= 15 is 0 Å². The summed E-state index contributed by atoms with van der Waals surface area (Å²) in [5, 5.41) is 0. The van der Waals surface area contributed by atoms with E-state index in [0.29, 0.717) is 6.54 Å². The second kappa shape index (κ2) is 7.92. The summed E-state index contributed by atoms with van der Waals surface area (Å²) in [6, 6.07) is 15.6. The van der Waals surface area contributed by atoms with E-state index < -0.39 is 9.84 Å². The van der Waals surface area contributed by atoms with Crippen molar-refractivity contribution in [2.75, 3.05) is 23.0 Å². The summed E-state index contributed by atoms with van der Waals surface area (Å²) < 4.78 is 25.2. The quantitative estimate of drug-likeness (QED) is 0.758. The number of aryl methyl sites for hydroxylation is 2. The summed E-state index contributed by atoms with van der Waals surface area (Å²) in [6.45, 7) is 4.99. The number of fused-ring (bicyclic) bond motifs is 1. The molecule has 0 aliphatic carbocycles. The lowest BCUT2D eigenvalue weighted by Crippen LogP contribution is -2.62. The van der Waals surface area contributed by atoms with Crippen LogP contribution in [0.15, 0.2) is 48.5 Å². The van der Waals surface area contributed by atoms with Gasteiger partial charge >= 0.3 is 0 Å². The summed E-state index contributed by atoms with van der Waals surface area (Å²) in [5.41, 5.74) is 4.25. The highest BCUT2D eigenvalue weighted by Gasteiger charge is 2.50. The fraction of sp³-hybridized carbons (Fsp3) is 0.435. The second-order valence-corrected chi connectivity index (χ2v) is 10.2. The molecule has 0 bridgehead atoms. The van der Waals surface area contributed by atoms with Crippen LogP contribution < -0.4 is 4.90 Å². The van der Waals surface area contributed by atoms with E-state index in [-0.39, 0.29) is 36.0 Å². The number of carbonyl (C=O) groups is 1. The smallest absolute Gasteiger partial charge is 0.241 e. The van der Waals surface area contributed by atoms with Gasteiger partial charge in [-0.3, -0.25) is 9.69 Å². The molecule has 6 heteroatoms. The molecule has 4 rings (SSSR count). The number of hydrogen-bond acceptors (Lipinski definition) is 4. The van der Waals surface area contributed by atoms with E-state index in [2.05, 4.69) is 30.9 Å². The number of anilines is 1. The zero-order valence-corrected chi connectivity index (χ0v) is 17.9. The van der Waals surface area contributed by atoms with Gasteiger partial charge in [-0.15, -0.1) is 0 Å². The lowest BCUT2D eigenvalue weighted by atomic mass is 9.96. The van der Waals surface area contributed by atoms with E-state index in [1.807, 2.05) is 41.3 Å². The normalized spacial score (nSPS) is 23.9. The van der Waals surface area contributed by atoms with E-state index in [1.165, 1.54) is 0 Å². The largest absolute Gasteiger partial charge is 0.305 e. The third-order valence-corrected chi connectivity index (χ3v) is 7.83. The first-order chi connectivity index (χ1) is 13.9. The third-order valence-electron chi connectivity index (χ3n) is 6.14. The van der Waals surface area contributed by atoms with Gasteiger partial charge in [-0.25, -0.2) is 8.42 Å². The minimum atomic E-state index is -3.19. The van der Waals surface area contributed by atoms with Crippen LogP contribution in [0.5, 0.6) is 0 Å². The molecule has 2 atom stereocenters. The van der Waals surface area contributed by atoms with Gasteiger partial charge in [0.15, 0.2) is 9.84 Å². The van der Waals surface area contributed by atoms with Crippen molar-refractivity contribution in [1.82, 2.24) is 4.90 Å². The van der Waals surface area contributed by atoms with Gasteiger partial charge in [0.25, 0.3) is 0 Å². The molecule has 0 N–H and O–H groups in total. The number of para-hydroxylation sites is 1. The van der Waals surface area contributed by atoms with Gasteiger partial charge in [-0.05, 0) is 29.5 Å². The maximum atomic E-state index is 13.4. The highest BCUT2D eigenvalue weighted by molar-refractivity contribution is 7.91. The summed E-state index contributed by atoms with van der Waals surface area (Å²) in [6.07, 6.45) is 1.62. The molecule has 29 heavy (non-hydrogen) atoms. The van der Waals surface area contributed by atoms with Gasteiger partial charge in [0.1, 0.15) is 0 Å². The van der Waals surface area contributed by atoms with Crippen molar-refractivity contribution in [3.8, 4) is 0 Å². The van der Waals surface area contributed by atoms with Crippen LogP contribution in [0, 0.1) is 0 Å². The lowest BCUT2D eigenvalue weighted by Gasteiger charge is -2.44. The molecule has 5 nitrogen and oxygen atoms in total. The van der Waals surface area contributed by atoms with Crippen LogP contribution in [0.25, 0.3) is 0 Å². The molecule has 0 aromatic heterocycles. The highest BCUT2D eigenvalue weighted by atomic mass is 32.2. The monoisotopic (exact) mass is 412 g/mol. The van der Waals surface area contributed by atoms with E-state index in [4.69, 9.17) is 0 Å². The first-order valence-corrected chi connectivity index (χ1v) is 12.2. The predicted octanol–water partition coefficient (Wildman–Crippen LogP) is 2.83. The lowest BCUT2D eigenvalue weighted by molar-refractivity contribution is -0.123. The van der Waals surface area contributed by atoms with Crippen LogP contribution >= 0.6 is 0 Å². The van der Waals surface area contributed by atoms with Crippen molar-refractivity contribution in [3.63, 3.8) is 0 Å². The Bertz CT molecular complexity index is 982. The molecule has 154 valence electrons. The average molecular weight is 413 g/mol. The Hall–Kier alpha value is -2.18. The molecule has 2 heterocycles. The minimum absolute atomic E-state index is 0.00474. The molecule has 2 aliphatic rings. The zero-order valence-electron chi connectivity index (χ0n) is 17.0. The molecule has 0 saturated carbocycles.